The molecular weight excluding hydrogens is 285 g/mol. The van der Waals surface area contributed by atoms with Crippen LogP contribution in [0.15, 0.2) is 11.3 Å². The smallest absolute Gasteiger partial charge is 0.367 e. The predicted molar refractivity (Wildman–Crippen MR) is 65.6 cm³/mol. The monoisotopic (exact) mass is 300 g/mol. The summed E-state index contributed by atoms with van der Waals surface area (Å²) < 4.78 is 62.2. The van der Waals surface area contributed by atoms with Gasteiger partial charge in [0.05, 0.1) is 0 Å². The summed E-state index contributed by atoms with van der Waals surface area (Å²) in [7, 11) is -7.49. The summed E-state index contributed by atoms with van der Waals surface area (Å²) >= 11 is 0. The summed E-state index contributed by atoms with van der Waals surface area (Å²) in [6.07, 6.45) is 0. The highest BCUT2D eigenvalue weighted by atomic mass is 32.2. The van der Waals surface area contributed by atoms with Crippen LogP contribution < -0.4 is 0 Å². The topological polar surface area (TPSA) is 43.4 Å². The Kier molecular flexibility index (Phi) is 5.08. The fourth-order valence-corrected chi connectivity index (χ4v) is 1.64. The first-order valence-corrected chi connectivity index (χ1v) is 9.88. The van der Waals surface area contributed by atoms with Gasteiger partial charge >= 0.3 is 15.6 Å². The molecule has 0 aliphatic heterocycles. The van der Waals surface area contributed by atoms with Gasteiger partial charge in [0.1, 0.15) is 8.07 Å². The molecule has 0 aliphatic carbocycles. The summed E-state index contributed by atoms with van der Waals surface area (Å²) in [5.74, 6) is 1.91. The average molecular weight is 300 g/mol. The first kappa shape index (κ1) is 17.1. The van der Waals surface area contributed by atoms with Gasteiger partial charge in [0.25, 0.3) is 0 Å². The highest BCUT2D eigenvalue weighted by Crippen LogP contribution is 2.27. The van der Waals surface area contributed by atoms with Gasteiger partial charge in [-0.05, 0) is 25.3 Å². The van der Waals surface area contributed by atoms with E-state index in [1.807, 2.05) is 19.6 Å². The third kappa shape index (κ3) is 5.60. The van der Waals surface area contributed by atoms with E-state index in [1.54, 1.807) is 0 Å². The van der Waals surface area contributed by atoms with Crippen LogP contribution in [0.2, 0.25) is 19.6 Å². The molecule has 0 N–H and O–H groups in total. The lowest BCUT2D eigenvalue weighted by Gasteiger charge is -2.10. The third-order valence-electron chi connectivity index (χ3n) is 1.48. The van der Waals surface area contributed by atoms with Crippen LogP contribution in [-0.4, -0.2) is 22.0 Å². The van der Waals surface area contributed by atoms with Crippen LogP contribution in [0.25, 0.3) is 0 Å². The first-order valence-electron chi connectivity index (χ1n) is 4.98. The number of halogens is 3. The average Bonchev–Trinajstić information content (AvgIpc) is 2.08. The molecule has 18 heavy (non-hydrogen) atoms. The van der Waals surface area contributed by atoms with Crippen LogP contribution in [0.4, 0.5) is 13.2 Å². The second kappa shape index (κ2) is 5.36. The fraction of sp³-hybridized carbons (Fsp3) is 0.600. The van der Waals surface area contributed by atoms with E-state index < -0.39 is 29.5 Å². The highest BCUT2D eigenvalue weighted by Gasteiger charge is 2.48. The lowest BCUT2D eigenvalue weighted by atomic mass is 10.3. The van der Waals surface area contributed by atoms with Crippen molar-refractivity contribution in [3.63, 3.8) is 0 Å². The zero-order valence-corrected chi connectivity index (χ0v) is 12.6. The van der Waals surface area contributed by atoms with E-state index in [9.17, 15) is 21.6 Å². The van der Waals surface area contributed by atoms with E-state index in [2.05, 4.69) is 15.6 Å². The van der Waals surface area contributed by atoms with Gasteiger partial charge in [0.15, 0.2) is 5.76 Å². The second-order valence-corrected chi connectivity index (χ2v) is 11.1. The van der Waals surface area contributed by atoms with Crippen molar-refractivity contribution in [2.24, 2.45) is 0 Å². The van der Waals surface area contributed by atoms with E-state index in [0.717, 1.165) is 0 Å². The summed E-state index contributed by atoms with van der Waals surface area (Å²) in [5.41, 5.74) is -2.43. The molecule has 3 nitrogen and oxygen atoms in total. The van der Waals surface area contributed by atoms with Crippen molar-refractivity contribution in [3.8, 4) is 11.5 Å². The van der Waals surface area contributed by atoms with Gasteiger partial charge in [0.2, 0.25) is 0 Å². The maximum atomic E-state index is 12.2. The van der Waals surface area contributed by atoms with Crippen molar-refractivity contribution < 1.29 is 25.8 Å². The molecule has 0 amide bonds. The number of allylic oxidation sites excluding steroid dienone is 2. The van der Waals surface area contributed by atoms with Crippen molar-refractivity contribution >= 4 is 18.2 Å². The molecule has 104 valence electrons. The van der Waals surface area contributed by atoms with E-state index in [1.165, 1.54) is 13.8 Å². The minimum Gasteiger partial charge on any atom is -0.367 e. The van der Waals surface area contributed by atoms with Crippen LogP contribution in [0.5, 0.6) is 0 Å². The molecule has 0 spiro atoms. The van der Waals surface area contributed by atoms with Crippen LogP contribution in [-0.2, 0) is 14.3 Å². The van der Waals surface area contributed by atoms with Crippen LogP contribution in [0.1, 0.15) is 13.8 Å². The number of hydrogen-bond donors (Lipinski definition) is 0. The molecule has 0 bridgehead atoms. The Morgan fingerprint density at radius 1 is 1.17 bits per heavy atom. The molecule has 8 heteroatoms. The van der Waals surface area contributed by atoms with Crippen LogP contribution in [0.3, 0.4) is 0 Å². The van der Waals surface area contributed by atoms with Crippen molar-refractivity contribution in [3.05, 3.63) is 11.3 Å². The van der Waals surface area contributed by atoms with Crippen molar-refractivity contribution in [1.29, 1.82) is 0 Å². The molecule has 0 aromatic carbocycles. The standard InChI is InChI=1S/C10H15F3O3SSi/c1-8(2)9(6-7-18(3,4)5)16-17(14,15)10(11,12)13/h1-5H3. The maximum Gasteiger partial charge on any atom is 0.534 e. The number of hydrogen-bond acceptors (Lipinski definition) is 3. The largest absolute Gasteiger partial charge is 0.534 e. The van der Waals surface area contributed by atoms with E-state index in [-0.39, 0.29) is 5.57 Å². The molecule has 0 saturated carbocycles. The molecule has 0 radical (unpaired) electrons. The fourth-order valence-electron chi connectivity index (χ4n) is 0.630. The molecule has 0 fully saturated rings. The summed E-state index contributed by atoms with van der Waals surface area (Å²) in [4.78, 5) is 0. The van der Waals surface area contributed by atoms with Gasteiger partial charge in [0, 0.05) is 0 Å². The molecule has 0 unspecified atom stereocenters. The van der Waals surface area contributed by atoms with Crippen molar-refractivity contribution in [2.45, 2.75) is 39.0 Å². The van der Waals surface area contributed by atoms with Gasteiger partial charge in [-0.1, -0.05) is 19.6 Å². The lowest BCUT2D eigenvalue weighted by molar-refractivity contribution is -0.0519. The molecule has 0 rings (SSSR count). The van der Waals surface area contributed by atoms with Crippen molar-refractivity contribution in [1.82, 2.24) is 0 Å². The molecular formula is C10H15F3O3SSi. The Bertz CT molecular complexity index is 497. The maximum absolute atomic E-state index is 12.2. The molecule has 0 atom stereocenters. The normalized spacial score (nSPS) is 12.4. The number of alkyl halides is 3. The summed E-state index contributed by atoms with van der Waals surface area (Å²) in [6.45, 7) is 8.49. The minimum absolute atomic E-state index is 0.272. The quantitative estimate of drug-likeness (QED) is 0.259. The minimum atomic E-state index is -5.65. The van der Waals surface area contributed by atoms with E-state index >= 15 is 0 Å². The predicted octanol–water partition coefficient (Wildman–Crippen LogP) is 3.03. The Hall–Kier alpha value is -0.943. The SMILES string of the molecule is CC(C)=C(C#C[Si](C)(C)C)OS(=O)(=O)C(F)(F)F. The Balaban J connectivity index is 5.38. The zero-order valence-electron chi connectivity index (χ0n) is 10.8. The number of rotatable bonds is 2. The Labute approximate surface area is 106 Å². The molecule has 0 aromatic rings. The molecule has 0 saturated heterocycles. The van der Waals surface area contributed by atoms with Gasteiger partial charge in [-0.25, -0.2) is 0 Å². The summed E-state index contributed by atoms with van der Waals surface area (Å²) in [6, 6.07) is 0. The lowest BCUT2D eigenvalue weighted by Crippen LogP contribution is -2.25. The van der Waals surface area contributed by atoms with Gasteiger partial charge in [-0.2, -0.15) is 21.6 Å². The first-order chi connectivity index (χ1) is 7.76. The molecule has 0 aliphatic rings. The van der Waals surface area contributed by atoms with Crippen LogP contribution >= 0.6 is 0 Å². The van der Waals surface area contributed by atoms with E-state index in [0.29, 0.717) is 0 Å². The second-order valence-electron chi connectivity index (χ2n) is 4.81. The molecule has 0 heterocycles. The van der Waals surface area contributed by atoms with Crippen molar-refractivity contribution in [2.75, 3.05) is 0 Å². The zero-order chi connectivity index (χ0) is 14.8. The van der Waals surface area contributed by atoms with Gasteiger partial charge in [-0.3, -0.25) is 0 Å². The Morgan fingerprint density at radius 2 is 1.61 bits per heavy atom. The third-order valence-corrected chi connectivity index (χ3v) is 3.31. The summed E-state index contributed by atoms with van der Waals surface area (Å²) in [5, 5.41) is 0. The molecule has 0 aromatic heterocycles. The van der Waals surface area contributed by atoms with E-state index in [4.69, 9.17) is 0 Å². The highest BCUT2D eigenvalue weighted by molar-refractivity contribution is 7.87. The van der Waals surface area contributed by atoms with Gasteiger partial charge < -0.3 is 4.18 Å². The van der Waals surface area contributed by atoms with Crippen LogP contribution in [0, 0.1) is 11.5 Å². The Morgan fingerprint density at radius 3 is 1.89 bits per heavy atom. The van der Waals surface area contributed by atoms with Gasteiger partial charge in [-0.15, -0.1) is 5.54 Å².